The predicted octanol–water partition coefficient (Wildman–Crippen LogP) is 2.92. The van der Waals surface area contributed by atoms with E-state index >= 15 is 0 Å². The van der Waals surface area contributed by atoms with Crippen molar-refractivity contribution in [2.45, 2.75) is 32.7 Å². The quantitative estimate of drug-likeness (QED) is 0.710. The molecule has 0 aliphatic rings. The first-order chi connectivity index (χ1) is 10.3. The molecule has 0 bridgehead atoms. The van der Waals surface area contributed by atoms with Gasteiger partial charge in [-0.3, -0.25) is 4.90 Å². The smallest absolute Gasteiger partial charge is 0.240 e. The van der Waals surface area contributed by atoms with Crippen LogP contribution in [0.3, 0.4) is 0 Å². The minimum Gasteiger partial charge on any atom is -0.492 e. The van der Waals surface area contributed by atoms with Crippen molar-refractivity contribution in [3.05, 3.63) is 42.0 Å². The Morgan fingerprint density at radius 3 is 2.81 bits per heavy atom. The molecule has 21 heavy (non-hydrogen) atoms. The summed E-state index contributed by atoms with van der Waals surface area (Å²) in [6.07, 6.45) is 3.13. The Morgan fingerprint density at radius 2 is 2.05 bits per heavy atom. The summed E-state index contributed by atoms with van der Waals surface area (Å²) in [5, 5.41) is 3.99. The molecule has 0 saturated carbocycles. The summed E-state index contributed by atoms with van der Waals surface area (Å²) in [5.41, 5.74) is 0. The lowest BCUT2D eigenvalue weighted by molar-refractivity contribution is 0.212. The number of hydrogen-bond acceptors (Lipinski definition) is 5. The van der Waals surface area contributed by atoms with Crippen LogP contribution in [0.5, 0.6) is 5.75 Å². The monoisotopic (exact) mass is 289 g/mol. The van der Waals surface area contributed by atoms with Gasteiger partial charge in [-0.2, -0.15) is 4.98 Å². The maximum atomic E-state index is 5.66. The Balaban J connectivity index is 1.69. The summed E-state index contributed by atoms with van der Waals surface area (Å²) in [4.78, 5) is 6.50. The van der Waals surface area contributed by atoms with E-state index in [-0.39, 0.29) is 0 Å². The molecule has 0 spiro atoms. The van der Waals surface area contributed by atoms with Crippen LogP contribution in [0.1, 0.15) is 31.5 Å². The molecule has 0 aliphatic heterocycles. The Kier molecular flexibility index (Phi) is 6.22. The van der Waals surface area contributed by atoms with Crippen LogP contribution in [0.15, 0.2) is 34.9 Å². The van der Waals surface area contributed by atoms with Crippen molar-refractivity contribution in [3.8, 4) is 5.75 Å². The van der Waals surface area contributed by atoms with E-state index in [0.717, 1.165) is 37.4 Å². The number of ether oxygens (including phenoxy) is 1. The lowest BCUT2D eigenvalue weighted by Gasteiger charge is -2.14. The highest BCUT2D eigenvalue weighted by molar-refractivity contribution is 5.20. The van der Waals surface area contributed by atoms with E-state index in [1.165, 1.54) is 0 Å². The number of rotatable bonds is 9. The Labute approximate surface area is 125 Å². The number of hydrogen-bond donors (Lipinski definition) is 0. The average molecular weight is 289 g/mol. The Bertz CT molecular complexity index is 513. The van der Waals surface area contributed by atoms with E-state index in [2.05, 4.69) is 22.0 Å². The zero-order valence-electron chi connectivity index (χ0n) is 12.8. The number of unbranched alkanes of at least 4 members (excludes halogenated alkanes) is 1. The van der Waals surface area contributed by atoms with Crippen molar-refractivity contribution in [2.75, 3.05) is 20.2 Å². The predicted molar refractivity (Wildman–Crippen MR) is 81.2 cm³/mol. The number of para-hydroxylation sites is 1. The van der Waals surface area contributed by atoms with Gasteiger partial charge < -0.3 is 9.26 Å². The molecule has 0 saturated heterocycles. The molecule has 0 radical (unpaired) electrons. The van der Waals surface area contributed by atoms with Crippen LogP contribution in [0.25, 0.3) is 0 Å². The molecule has 0 N–H and O–H groups in total. The Hall–Kier alpha value is -1.88. The van der Waals surface area contributed by atoms with Crippen LogP contribution in [-0.4, -0.2) is 35.2 Å². The van der Waals surface area contributed by atoms with E-state index in [9.17, 15) is 0 Å². The fourth-order valence-corrected chi connectivity index (χ4v) is 1.94. The molecule has 114 valence electrons. The average Bonchev–Trinajstić information content (AvgIpc) is 2.93. The molecule has 0 fully saturated rings. The van der Waals surface area contributed by atoms with Crippen LogP contribution in [-0.2, 0) is 13.0 Å². The van der Waals surface area contributed by atoms with Crippen molar-refractivity contribution < 1.29 is 9.26 Å². The molecule has 2 rings (SSSR count). The molecule has 0 unspecified atom stereocenters. The molecule has 0 atom stereocenters. The van der Waals surface area contributed by atoms with E-state index in [4.69, 9.17) is 9.26 Å². The maximum Gasteiger partial charge on any atom is 0.240 e. The summed E-state index contributed by atoms with van der Waals surface area (Å²) in [5.74, 6) is 2.37. The fourth-order valence-electron chi connectivity index (χ4n) is 1.94. The largest absolute Gasteiger partial charge is 0.492 e. The number of nitrogens with zero attached hydrogens (tertiary/aromatic N) is 3. The highest BCUT2D eigenvalue weighted by Crippen LogP contribution is 2.08. The minimum atomic E-state index is 0.636. The van der Waals surface area contributed by atoms with Gasteiger partial charge in [0.15, 0.2) is 5.82 Å². The van der Waals surface area contributed by atoms with Gasteiger partial charge in [0.25, 0.3) is 0 Å². The van der Waals surface area contributed by atoms with E-state index in [1.54, 1.807) is 0 Å². The van der Waals surface area contributed by atoms with Gasteiger partial charge >= 0.3 is 0 Å². The molecular weight excluding hydrogens is 266 g/mol. The van der Waals surface area contributed by atoms with Gasteiger partial charge in [0.05, 0.1) is 6.54 Å². The zero-order valence-corrected chi connectivity index (χ0v) is 12.8. The van der Waals surface area contributed by atoms with Gasteiger partial charge in [-0.25, -0.2) is 0 Å². The molecule has 5 nitrogen and oxygen atoms in total. The van der Waals surface area contributed by atoms with Gasteiger partial charge in [-0.15, -0.1) is 0 Å². The SMILES string of the molecule is CCCCc1noc(CN(C)CCOc2ccccc2)n1. The molecule has 0 amide bonds. The second-order valence-electron chi connectivity index (χ2n) is 5.11. The third-order valence-corrected chi connectivity index (χ3v) is 3.15. The first-order valence-corrected chi connectivity index (χ1v) is 7.45. The normalized spacial score (nSPS) is 11.0. The van der Waals surface area contributed by atoms with Crippen molar-refractivity contribution in [1.29, 1.82) is 0 Å². The number of aromatic nitrogens is 2. The lowest BCUT2D eigenvalue weighted by Crippen LogP contribution is -2.24. The summed E-state index contributed by atoms with van der Waals surface area (Å²) >= 11 is 0. The summed E-state index contributed by atoms with van der Waals surface area (Å²) in [6.45, 7) is 4.25. The maximum absolute atomic E-state index is 5.66. The van der Waals surface area contributed by atoms with Crippen molar-refractivity contribution in [2.24, 2.45) is 0 Å². The molecule has 1 aromatic heterocycles. The molecule has 0 aliphatic carbocycles. The van der Waals surface area contributed by atoms with Gasteiger partial charge in [-0.05, 0) is 25.6 Å². The van der Waals surface area contributed by atoms with Gasteiger partial charge in [0, 0.05) is 13.0 Å². The van der Waals surface area contributed by atoms with Crippen molar-refractivity contribution >= 4 is 0 Å². The molecule has 1 heterocycles. The van der Waals surface area contributed by atoms with Crippen molar-refractivity contribution in [3.63, 3.8) is 0 Å². The fraction of sp³-hybridized carbons (Fsp3) is 0.500. The molecule has 2 aromatic rings. The topological polar surface area (TPSA) is 51.4 Å². The van der Waals surface area contributed by atoms with Crippen LogP contribution in [0.4, 0.5) is 0 Å². The number of benzene rings is 1. The zero-order chi connectivity index (χ0) is 14.9. The minimum absolute atomic E-state index is 0.636. The molecule has 1 aromatic carbocycles. The third kappa shape index (κ3) is 5.55. The second kappa shape index (κ2) is 8.42. The van der Waals surface area contributed by atoms with Gasteiger partial charge in [0.1, 0.15) is 12.4 Å². The first kappa shape index (κ1) is 15.5. The van der Waals surface area contributed by atoms with Crippen LogP contribution in [0, 0.1) is 0 Å². The standard InChI is InChI=1S/C16H23N3O2/c1-3-4-10-15-17-16(21-18-15)13-19(2)11-12-20-14-8-6-5-7-9-14/h5-9H,3-4,10-13H2,1-2H3. The Morgan fingerprint density at radius 1 is 1.24 bits per heavy atom. The molecule has 5 heteroatoms. The highest BCUT2D eigenvalue weighted by atomic mass is 16.5. The second-order valence-corrected chi connectivity index (χ2v) is 5.11. The molecular formula is C16H23N3O2. The number of likely N-dealkylation sites (N-methyl/N-ethyl adjacent to an activating group) is 1. The van der Waals surface area contributed by atoms with E-state index < -0.39 is 0 Å². The highest BCUT2D eigenvalue weighted by Gasteiger charge is 2.08. The van der Waals surface area contributed by atoms with Crippen LogP contribution in [0.2, 0.25) is 0 Å². The lowest BCUT2D eigenvalue weighted by atomic mass is 10.2. The van der Waals surface area contributed by atoms with Gasteiger partial charge in [0.2, 0.25) is 5.89 Å². The third-order valence-electron chi connectivity index (χ3n) is 3.15. The summed E-state index contributed by atoms with van der Waals surface area (Å²) < 4.78 is 10.9. The van der Waals surface area contributed by atoms with E-state index in [0.29, 0.717) is 19.0 Å². The number of aryl methyl sites for hydroxylation is 1. The first-order valence-electron chi connectivity index (χ1n) is 7.45. The summed E-state index contributed by atoms with van der Waals surface area (Å²) in [6, 6.07) is 9.82. The van der Waals surface area contributed by atoms with Crippen molar-refractivity contribution in [1.82, 2.24) is 15.0 Å². The van der Waals surface area contributed by atoms with Gasteiger partial charge in [-0.1, -0.05) is 36.7 Å². The van der Waals surface area contributed by atoms with Crippen LogP contribution >= 0.6 is 0 Å². The van der Waals surface area contributed by atoms with E-state index in [1.807, 2.05) is 37.4 Å². The summed E-state index contributed by atoms with van der Waals surface area (Å²) in [7, 11) is 2.02. The van der Waals surface area contributed by atoms with Crippen LogP contribution < -0.4 is 4.74 Å².